The number of Topliss-reactive ketones (excluding diaryl/α,β-unsaturated/α-hetero) is 2. The van der Waals surface area contributed by atoms with E-state index in [2.05, 4.69) is 41.7 Å². The Bertz CT molecular complexity index is 2860. The highest BCUT2D eigenvalue weighted by atomic mass is 35.5. The van der Waals surface area contributed by atoms with Crippen LogP contribution in [0.5, 0.6) is 11.5 Å². The Morgan fingerprint density at radius 2 is 0.942 bits per heavy atom. The molecule has 5 aromatic carbocycles. The number of alkyl halides is 3. The van der Waals surface area contributed by atoms with Crippen LogP contribution in [0.4, 0.5) is 34.1 Å². The summed E-state index contributed by atoms with van der Waals surface area (Å²) in [5.74, 6) is -3.14. The predicted molar refractivity (Wildman–Crippen MR) is 269 cm³/mol. The van der Waals surface area contributed by atoms with Gasteiger partial charge in [0.2, 0.25) is 12.1 Å². The first-order valence-electron chi connectivity index (χ1n) is 20.8. The Morgan fingerprint density at radius 1 is 0.507 bits per heavy atom. The summed E-state index contributed by atoms with van der Waals surface area (Å²) in [4.78, 5) is 79.0. The van der Waals surface area contributed by atoms with Gasteiger partial charge in [0.15, 0.2) is 11.6 Å². The summed E-state index contributed by atoms with van der Waals surface area (Å²) in [5.41, 5.74) is 3.25. The van der Waals surface area contributed by atoms with Crippen LogP contribution < -0.4 is 30.7 Å². The smallest absolute Gasteiger partial charge is 0.258 e. The Labute approximate surface area is 422 Å². The molecule has 0 aliphatic heterocycles. The van der Waals surface area contributed by atoms with Crippen molar-refractivity contribution in [3.8, 4) is 11.5 Å². The summed E-state index contributed by atoms with van der Waals surface area (Å²) in [6.45, 7) is 7.46. The first-order chi connectivity index (χ1) is 32.7. The quantitative estimate of drug-likeness (QED) is 0.0353. The van der Waals surface area contributed by atoms with Crippen molar-refractivity contribution < 1.29 is 38.2 Å². The topological polar surface area (TPSA) is 218 Å². The highest BCUT2D eigenvalue weighted by molar-refractivity contribution is 6.33. The number of methoxy groups -OCH3 is 2. The van der Waals surface area contributed by atoms with Crippen molar-refractivity contribution in [3.63, 3.8) is 0 Å². The molecule has 0 fully saturated rings. The lowest BCUT2D eigenvalue weighted by molar-refractivity contribution is -0.127. The maximum absolute atomic E-state index is 13.6. The van der Waals surface area contributed by atoms with Crippen LogP contribution in [0.15, 0.2) is 111 Å². The number of rotatable bonds is 19. The van der Waals surface area contributed by atoms with Crippen LogP contribution in [0.2, 0.25) is 10.0 Å². The lowest BCUT2D eigenvalue weighted by Gasteiger charge is -2.17. The molecular formula is C48H45Cl5N8O8. The molecule has 0 spiro atoms. The monoisotopic (exact) mass is 1040 g/mol. The molecule has 69 heavy (non-hydrogen) atoms. The maximum atomic E-state index is 13.6. The first kappa shape index (κ1) is 53.5. The van der Waals surface area contributed by atoms with Crippen LogP contribution in [0, 0.1) is 0 Å². The average Bonchev–Trinajstić information content (AvgIpc) is 3.29. The molecule has 5 aromatic rings. The Morgan fingerprint density at radius 3 is 1.33 bits per heavy atom. The van der Waals surface area contributed by atoms with E-state index < -0.39 is 52.7 Å². The second-order valence-corrected chi connectivity index (χ2v) is 18.1. The molecule has 4 amide bonds. The maximum Gasteiger partial charge on any atom is 0.258 e. The van der Waals surface area contributed by atoms with Gasteiger partial charge in [0.1, 0.15) is 22.9 Å². The largest absolute Gasteiger partial charge is 0.497 e. The summed E-state index contributed by atoms with van der Waals surface area (Å²) in [6, 6.07) is 19.6. The van der Waals surface area contributed by atoms with E-state index in [1.54, 1.807) is 57.2 Å². The van der Waals surface area contributed by atoms with Crippen LogP contribution in [0.3, 0.4) is 0 Å². The van der Waals surface area contributed by atoms with Gasteiger partial charge in [-0.1, -0.05) is 23.2 Å². The summed E-state index contributed by atoms with van der Waals surface area (Å²) in [6.07, 6.45) is 0. The zero-order valence-corrected chi connectivity index (χ0v) is 41.8. The van der Waals surface area contributed by atoms with Gasteiger partial charge in [-0.3, -0.25) is 28.8 Å². The van der Waals surface area contributed by atoms with Crippen molar-refractivity contribution in [2.75, 3.05) is 35.5 Å². The predicted octanol–water partition coefficient (Wildman–Crippen LogP) is 12.8. The summed E-state index contributed by atoms with van der Waals surface area (Å²) >= 11 is 31.8. The molecule has 4 N–H and O–H groups in total. The number of hydrogen-bond acceptors (Lipinski definition) is 12. The van der Waals surface area contributed by atoms with Gasteiger partial charge in [-0.25, -0.2) is 0 Å². The zero-order valence-electron chi connectivity index (χ0n) is 38.0. The van der Waals surface area contributed by atoms with Crippen LogP contribution in [-0.2, 0) is 19.2 Å². The summed E-state index contributed by atoms with van der Waals surface area (Å²) < 4.78 is 10.7. The number of amides is 4. The molecule has 5 rings (SSSR count). The molecule has 0 saturated carbocycles. The van der Waals surface area contributed by atoms with E-state index in [-0.39, 0.29) is 54.7 Å². The summed E-state index contributed by atoms with van der Waals surface area (Å²) in [5, 5.41) is 25.6. The van der Waals surface area contributed by atoms with Crippen molar-refractivity contribution in [2.24, 2.45) is 20.5 Å². The van der Waals surface area contributed by atoms with Gasteiger partial charge in [0, 0.05) is 46.0 Å². The molecule has 0 saturated heterocycles. The molecule has 5 atom stereocenters. The third-order valence-corrected chi connectivity index (χ3v) is 11.4. The van der Waals surface area contributed by atoms with Crippen LogP contribution in [0.25, 0.3) is 0 Å². The number of nitrogens with one attached hydrogen (secondary N) is 4. The number of nitrogens with zero attached hydrogens (tertiary/aromatic N) is 4. The number of benzene rings is 5. The van der Waals surface area contributed by atoms with Gasteiger partial charge >= 0.3 is 0 Å². The average molecular weight is 1040 g/mol. The normalized spacial score (nSPS) is 13.4. The fourth-order valence-corrected chi connectivity index (χ4v) is 7.07. The number of azo groups is 2. The molecule has 0 bridgehead atoms. The molecule has 21 heteroatoms. The van der Waals surface area contributed by atoms with Gasteiger partial charge in [-0.15, -0.1) is 34.8 Å². The van der Waals surface area contributed by atoms with Gasteiger partial charge in [0.05, 0.1) is 40.4 Å². The lowest BCUT2D eigenvalue weighted by Crippen LogP contribution is -2.32. The van der Waals surface area contributed by atoms with Crippen molar-refractivity contribution in [3.05, 3.63) is 129 Å². The van der Waals surface area contributed by atoms with Gasteiger partial charge in [-0.05, 0) is 130 Å². The third kappa shape index (κ3) is 14.5. The SMILES string of the molecule is COc1cc(NC(=O)c2ccc(Cl)c(N=NC(C(C)=O)C(=O)Nc3ccc(NC(=O)C(N=Nc4cc(C(=O)Nc5cc(OC)cc(C(C)Cl)c5)ccc4Cl)C(C)=O)c(C(C)Cl)c3)c2)cc(C(C)Cl)c1. The number of halogens is 5. The highest BCUT2D eigenvalue weighted by Gasteiger charge is 2.27. The van der Waals surface area contributed by atoms with Gasteiger partial charge in [-0.2, -0.15) is 20.5 Å². The highest BCUT2D eigenvalue weighted by Crippen LogP contribution is 2.34. The van der Waals surface area contributed by atoms with Crippen molar-refractivity contribution >= 4 is 127 Å². The van der Waals surface area contributed by atoms with Crippen molar-refractivity contribution in [1.29, 1.82) is 0 Å². The Kier molecular flexibility index (Phi) is 18.8. The fourth-order valence-electron chi connectivity index (χ4n) is 6.32. The zero-order chi connectivity index (χ0) is 50.7. The van der Waals surface area contributed by atoms with Gasteiger partial charge < -0.3 is 30.7 Å². The molecule has 360 valence electrons. The van der Waals surface area contributed by atoms with Crippen LogP contribution >= 0.6 is 58.0 Å². The van der Waals surface area contributed by atoms with E-state index in [1.807, 2.05) is 0 Å². The van der Waals surface area contributed by atoms with Crippen LogP contribution in [-0.4, -0.2) is 61.5 Å². The number of ketones is 2. The van der Waals surface area contributed by atoms with E-state index in [4.69, 9.17) is 67.5 Å². The Balaban J connectivity index is 1.29. The van der Waals surface area contributed by atoms with Crippen LogP contribution in [0.1, 0.15) is 88.2 Å². The fraction of sp³-hybridized carbons (Fsp3) is 0.250. The third-order valence-electron chi connectivity index (χ3n) is 10.0. The van der Waals surface area contributed by atoms with Crippen molar-refractivity contribution in [1.82, 2.24) is 0 Å². The van der Waals surface area contributed by atoms with E-state index >= 15 is 0 Å². The molecule has 0 aliphatic rings. The molecular weight excluding hydrogens is 994 g/mol. The van der Waals surface area contributed by atoms with E-state index in [0.717, 1.165) is 25.0 Å². The number of anilines is 4. The minimum atomic E-state index is -1.66. The second kappa shape index (κ2) is 24.2. The molecule has 5 unspecified atom stereocenters. The molecule has 16 nitrogen and oxygen atoms in total. The molecule has 0 heterocycles. The number of hydrogen-bond donors (Lipinski definition) is 4. The van der Waals surface area contributed by atoms with E-state index in [9.17, 15) is 28.8 Å². The summed E-state index contributed by atoms with van der Waals surface area (Å²) in [7, 11) is 2.98. The second-order valence-electron chi connectivity index (χ2n) is 15.3. The minimum absolute atomic E-state index is 0.00340. The molecule has 0 radical (unpaired) electrons. The Hall–Kier alpha value is -6.43. The minimum Gasteiger partial charge on any atom is -0.497 e. The number of carbonyl (C=O) groups is 6. The standard InChI is InChI=1S/C48H45Cl5N8O8/c1-23(49)30-14-33(20-35(16-30)68-6)55-45(64)28-8-11-38(52)41(18-28)58-60-43(26(4)62)47(66)54-32-10-13-40(37(22-32)25(3)51)57-48(67)44(27(5)63)61-59-42-19-29(9-12-39(42)53)46(65)56-34-15-31(24(2)50)17-36(21-34)69-7/h8-25,43-44H,1-7H3,(H,54,66)(H,55,64)(H,56,65)(H,57,67). The molecule has 0 aliphatic carbocycles. The first-order valence-corrected chi connectivity index (χ1v) is 22.8. The number of carbonyl (C=O) groups excluding carboxylic acids is 6. The van der Waals surface area contributed by atoms with Crippen molar-refractivity contribution in [2.45, 2.75) is 62.8 Å². The number of ether oxygens (including phenoxy) is 2. The lowest BCUT2D eigenvalue weighted by atomic mass is 10.1. The molecule has 0 aromatic heterocycles. The van der Waals surface area contributed by atoms with E-state index in [1.165, 1.54) is 68.8 Å². The van der Waals surface area contributed by atoms with E-state index in [0.29, 0.717) is 28.4 Å². The van der Waals surface area contributed by atoms with Gasteiger partial charge in [0.25, 0.3) is 23.6 Å².